The third-order valence-corrected chi connectivity index (χ3v) is 4.06. The Morgan fingerprint density at radius 2 is 1.90 bits per heavy atom. The lowest BCUT2D eigenvalue weighted by Gasteiger charge is -2.18. The van der Waals surface area contributed by atoms with Crippen LogP contribution in [0.25, 0.3) is 11.2 Å². The van der Waals surface area contributed by atoms with E-state index < -0.39 is 0 Å². The molecule has 0 saturated heterocycles. The van der Waals surface area contributed by atoms with Gasteiger partial charge in [0.25, 0.3) is 0 Å². The van der Waals surface area contributed by atoms with Crippen molar-refractivity contribution in [2.24, 2.45) is 7.05 Å². The van der Waals surface area contributed by atoms with Gasteiger partial charge in [-0.1, -0.05) is 27.2 Å². The third-order valence-electron chi connectivity index (χ3n) is 4.06. The number of nitrogens with two attached hydrogens (primary N) is 1. The highest BCUT2D eigenvalue weighted by Crippen LogP contribution is 2.22. The van der Waals surface area contributed by atoms with E-state index in [9.17, 15) is 0 Å². The fraction of sp³-hybridized carbons (Fsp3) is 0.733. The van der Waals surface area contributed by atoms with Gasteiger partial charge in [-0.2, -0.15) is 5.10 Å². The van der Waals surface area contributed by atoms with Crippen molar-refractivity contribution in [2.45, 2.75) is 46.6 Å². The number of aryl methyl sites for hydroxylation is 3. The third kappa shape index (κ3) is 3.20. The number of aromatic nitrogens is 4. The molecule has 0 aliphatic carbocycles. The van der Waals surface area contributed by atoms with Gasteiger partial charge in [-0.15, -0.1) is 0 Å². The first kappa shape index (κ1) is 15.8. The number of hydrogen-bond donors (Lipinski definition) is 1. The molecule has 0 fully saturated rings. The lowest BCUT2D eigenvalue weighted by Crippen LogP contribution is -2.25. The minimum atomic E-state index is 0.606. The largest absolute Gasteiger partial charge is 0.369 e. The highest BCUT2D eigenvalue weighted by atomic mass is 15.3. The normalized spacial score (nSPS) is 11.9. The Morgan fingerprint density at radius 1 is 1.19 bits per heavy atom. The van der Waals surface area contributed by atoms with Crippen LogP contribution in [-0.4, -0.2) is 43.9 Å². The lowest BCUT2D eigenvalue weighted by molar-refractivity contribution is 0.294. The van der Waals surface area contributed by atoms with Gasteiger partial charge in [-0.3, -0.25) is 9.25 Å². The van der Waals surface area contributed by atoms with Crippen LogP contribution < -0.4 is 5.73 Å². The molecular formula is C15H28N6. The van der Waals surface area contributed by atoms with Crippen molar-refractivity contribution in [2.75, 3.05) is 25.4 Å². The second-order valence-corrected chi connectivity index (χ2v) is 5.49. The van der Waals surface area contributed by atoms with E-state index in [2.05, 4.69) is 40.3 Å². The Morgan fingerprint density at radius 3 is 2.52 bits per heavy atom. The molecule has 2 rings (SSSR count). The van der Waals surface area contributed by atoms with Crippen LogP contribution in [0, 0.1) is 0 Å². The van der Waals surface area contributed by atoms with Crippen LogP contribution in [0.15, 0.2) is 0 Å². The molecule has 0 amide bonds. The van der Waals surface area contributed by atoms with E-state index in [1.165, 1.54) is 0 Å². The number of fused-ring (bicyclic) bond motifs is 1. The predicted octanol–water partition coefficient (Wildman–Crippen LogP) is 2.04. The number of nitrogens with zero attached hydrogens (tertiary/aromatic N) is 5. The summed E-state index contributed by atoms with van der Waals surface area (Å²) in [5.74, 6) is 0.606. The van der Waals surface area contributed by atoms with Crippen LogP contribution in [-0.2, 0) is 20.0 Å². The number of rotatable bonds is 8. The summed E-state index contributed by atoms with van der Waals surface area (Å²) in [5.41, 5.74) is 9.19. The molecule has 2 N–H and O–H groups in total. The molecule has 2 heterocycles. The van der Waals surface area contributed by atoms with Gasteiger partial charge in [-0.25, -0.2) is 4.98 Å². The number of nitrogen functional groups attached to an aromatic ring is 1. The number of hydrogen-bond acceptors (Lipinski definition) is 4. The standard InChI is InChI=1S/C15H28N6/c1-5-9-12-13-14(19(4)18-12)21(15(16)17-13)11-8-10-20(6-2)7-3/h5-11H2,1-4H3,(H2,16,17). The summed E-state index contributed by atoms with van der Waals surface area (Å²) in [6.45, 7) is 10.7. The summed E-state index contributed by atoms with van der Waals surface area (Å²) in [5, 5.41) is 4.58. The van der Waals surface area contributed by atoms with Crippen molar-refractivity contribution in [3.8, 4) is 0 Å². The maximum Gasteiger partial charge on any atom is 0.202 e. The van der Waals surface area contributed by atoms with E-state index in [4.69, 9.17) is 5.73 Å². The van der Waals surface area contributed by atoms with Crippen molar-refractivity contribution in [1.82, 2.24) is 24.2 Å². The molecule has 0 aromatic carbocycles. The van der Waals surface area contributed by atoms with Crippen LogP contribution in [0.1, 0.15) is 39.3 Å². The molecule has 0 radical (unpaired) electrons. The smallest absolute Gasteiger partial charge is 0.202 e. The predicted molar refractivity (Wildman–Crippen MR) is 87.3 cm³/mol. The maximum absolute atomic E-state index is 6.11. The van der Waals surface area contributed by atoms with E-state index in [0.29, 0.717) is 5.95 Å². The Balaban J connectivity index is 2.18. The van der Waals surface area contributed by atoms with Gasteiger partial charge in [0.15, 0.2) is 5.65 Å². The van der Waals surface area contributed by atoms with E-state index in [0.717, 1.165) is 62.3 Å². The highest BCUT2D eigenvalue weighted by Gasteiger charge is 2.17. The average molecular weight is 292 g/mol. The molecule has 0 saturated carbocycles. The van der Waals surface area contributed by atoms with Gasteiger partial charge in [0.05, 0.1) is 5.69 Å². The summed E-state index contributed by atoms with van der Waals surface area (Å²) < 4.78 is 4.02. The van der Waals surface area contributed by atoms with Crippen molar-refractivity contribution < 1.29 is 0 Å². The average Bonchev–Trinajstić information content (AvgIpc) is 2.94. The van der Waals surface area contributed by atoms with Gasteiger partial charge in [-0.05, 0) is 32.5 Å². The summed E-state index contributed by atoms with van der Waals surface area (Å²) in [7, 11) is 1.98. The van der Waals surface area contributed by atoms with Gasteiger partial charge in [0.1, 0.15) is 5.52 Å². The Labute approximate surface area is 126 Å². The van der Waals surface area contributed by atoms with Gasteiger partial charge >= 0.3 is 0 Å². The molecule has 0 atom stereocenters. The first-order valence-corrected chi connectivity index (χ1v) is 8.02. The second-order valence-electron chi connectivity index (χ2n) is 5.49. The SMILES string of the molecule is CCCc1nn(C)c2c1nc(N)n2CCCN(CC)CC. The van der Waals surface area contributed by atoms with Crippen molar-refractivity contribution in [3.05, 3.63) is 5.69 Å². The molecule has 21 heavy (non-hydrogen) atoms. The molecule has 0 aliphatic heterocycles. The quantitative estimate of drug-likeness (QED) is 0.808. The summed E-state index contributed by atoms with van der Waals surface area (Å²) in [6, 6.07) is 0. The lowest BCUT2D eigenvalue weighted by atomic mass is 10.2. The maximum atomic E-state index is 6.11. The molecule has 118 valence electrons. The molecular weight excluding hydrogens is 264 g/mol. The van der Waals surface area contributed by atoms with Crippen molar-refractivity contribution >= 4 is 17.1 Å². The van der Waals surface area contributed by atoms with E-state index in [1.54, 1.807) is 0 Å². The van der Waals surface area contributed by atoms with Gasteiger partial charge in [0, 0.05) is 13.6 Å². The molecule has 0 aliphatic rings. The minimum absolute atomic E-state index is 0.606. The second kappa shape index (κ2) is 6.93. The van der Waals surface area contributed by atoms with Gasteiger partial charge in [0.2, 0.25) is 5.95 Å². The molecule has 2 aromatic rings. The van der Waals surface area contributed by atoms with Crippen molar-refractivity contribution in [3.63, 3.8) is 0 Å². The van der Waals surface area contributed by atoms with Crippen LogP contribution in [0.2, 0.25) is 0 Å². The topological polar surface area (TPSA) is 64.9 Å². The van der Waals surface area contributed by atoms with E-state index in [-0.39, 0.29) is 0 Å². The van der Waals surface area contributed by atoms with Crippen LogP contribution in [0.4, 0.5) is 5.95 Å². The number of imidazole rings is 1. The molecule has 0 spiro atoms. The van der Waals surface area contributed by atoms with Crippen LogP contribution in [0.3, 0.4) is 0 Å². The first-order valence-electron chi connectivity index (χ1n) is 8.02. The fourth-order valence-corrected chi connectivity index (χ4v) is 2.88. The van der Waals surface area contributed by atoms with E-state index >= 15 is 0 Å². The zero-order valence-electron chi connectivity index (χ0n) is 13.8. The summed E-state index contributed by atoms with van der Waals surface area (Å²) in [4.78, 5) is 6.96. The molecule has 0 unspecified atom stereocenters. The Hall–Kier alpha value is -1.56. The minimum Gasteiger partial charge on any atom is -0.369 e. The fourth-order valence-electron chi connectivity index (χ4n) is 2.88. The van der Waals surface area contributed by atoms with E-state index in [1.807, 2.05) is 11.7 Å². The first-order chi connectivity index (χ1) is 10.1. The summed E-state index contributed by atoms with van der Waals surface area (Å²) in [6.07, 6.45) is 3.10. The molecule has 2 aromatic heterocycles. The zero-order valence-corrected chi connectivity index (χ0v) is 13.8. The zero-order chi connectivity index (χ0) is 15.4. The molecule has 6 heteroatoms. The molecule has 0 bridgehead atoms. The Bertz CT molecular complexity index is 579. The van der Waals surface area contributed by atoms with Crippen LogP contribution >= 0.6 is 0 Å². The highest BCUT2D eigenvalue weighted by molar-refractivity contribution is 5.77. The van der Waals surface area contributed by atoms with Crippen molar-refractivity contribution in [1.29, 1.82) is 0 Å². The van der Waals surface area contributed by atoms with Gasteiger partial charge < -0.3 is 10.6 Å². The summed E-state index contributed by atoms with van der Waals surface area (Å²) >= 11 is 0. The molecule has 6 nitrogen and oxygen atoms in total. The number of anilines is 1. The Kier molecular flexibility index (Phi) is 5.22. The monoisotopic (exact) mass is 292 g/mol. The van der Waals surface area contributed by atoms with Crippen LogP contribution in [0.5, 0.6) is 0 Å².